The summed E-state index contributed by atoms with van der Waals surface area (Å²) in [5.41, 5.74) is 0.888. The van der Waals surface area contributed by atoms with Gasteiger partial charge in [0.1, 0.15) is 5.82 Å². The number of fused-ring (bicyclic) bond motifs is 1. The summed E-state index contributed by atoms with van der Waals surface area (Å²) in [6.45, 7) is 2.22. The van der Waals surface area contributed by atoms with Crippen molar-refractivity contribution in [3.63, 3.8) is 0 Å². The highest BCUT2D eigenvalue weighted by molar-refractivity contribution is 7.89. The molecule has 1 aliphatic rings. The van der Waals surface area contributed by atoms with Gasteiger partial charge < -0.3 is 14.8 Å². The van der Waals surface area contributed by atoms with Crippen molar-refractivity contribution in [3.8, 4) is 11.5 Å². The molecule has 1 N–H and O–H groups in total. The number of hydrogen-bond donors (Lipinski definition) is 1. The topological polar surface area (TPSA) is 84.9 Å². The summed E-state index contributed by atoms with van der Waals surface area (Å²) < 4.78 is 49.7. The van der Waals surface area contributed by atoms with Gasteiger partial charge in [0.2, 0.25) is 22.7 Å². The number of amides is 1. The van der Waals surface area contributed by atoms with E-state index in [1.807, 2.05) is 19.1 Å². The Hall–Kier alpha value is -2.65. The Morgan fingerprint density at radius 2 is 1.86 bits per heavy atom. The zero-order valence-electron chi connectivity index (χ0n) is 16.2. The summed E-state index contributed by atoms with van der Waals surface area (Å²) in [4.78, 5) is 12.2. The number of rotatable bonds is 8. The normalized spacial score (nSPS) is 14.1. The van der Waals surface area contributed by atoms with Crippen molar-refractivity contribution in [2.75, 3.05) is 20.4 Å². The molecule has 1 atom stereocenters. The van der Waals surface area contributed by atoms with E-state index in [0.29, 0.717) is 17.9 Å². The van der Waals surface area contributed by atoms with Crippen LogP contribution in [0.25, 0.3) is 0 Å². The number of carbonyl (C=O) groups is 1. The van der Waals surface area contributed by atoms with Crippen molar-refractivity contribution in [1.82, 2.24) is 9.62 Å². The van der Waals surface area contributed by atoms with Crippen molar-refractivity contribution < 1.29 is 27.1 Å². The Morgan fingerprint density at radius 1 is 1.17 bits per heavy atom. The summed E-state index contributed by atoms with van der Waals surface area (Å²) in [6, 6.07) is 9.92. The summed E-state index contributed by atoms with van der Waals surface area (Å²) in [7, 11) is -2.28. The molecule has 0 saturated heterocycles. The molecule has 0 aromatic heterocycles. The molecule has 0 spiro atoms. The van der Waals surface area contributed by atoms with Crippen LogP contribution in [0.3, 0.4) is 0 Å². The summed E-state index contributed by atoms with van der Waals surface area (Å²) in [5, 5.41) is 2.89. The van der Waals surface area contributed by atoms with Gasteiger partial charge in [-0.3, -0.25) is 4.79 Å². The van der Waals surface area contributed by atoms with Crippen LogP contribution in [0.1, 0.15) is 31.4 Å². The first-order chi connectivity index (χ1) is 13.8. The molecular weight excluding hydrogens is 399 g/mol. The summed E-state index contributed by atoms with van der Waals surface area (Å²) in [5.74, 6) is 0.650. The van der Waals surface area contributed by atoms with E-state index >= 15 is 0 Å². The molecule has 3 rings (SSSR count). The molecule has 2 aromatic carbocycles. The molecule has 0 aliphatic carbocycles. The average Bonchev–Trinajstić information content (AvgIpc) is 3.16. The predicted octanol–water partition coefficient (Wildman–Crippen LogP) is 2.83. The van der Waals surface area contributed by atoms with Crippen LogP contribution in [0.2, 0.25) is 0 Å². The number of nitrogens with zero attached hydrogens (tertiary/aromatic N) is 1. The van der Waals surface area contributed by atoms with Crippen molar-refractivity contribution in [2.24, 2.45) is 0 Å². The van der Waals surface area contributed by atoms with Gasteiger partial charge in [-0.1, -0.05) is 6.07 Å². The molecule has 0 bridgehead atoms. The van der Waals surface area contributed by atoms with E-state index in [0.717, 1.165) is 22.0 Å². The standard InChI is InChI=1S/C20H23FN2O5S/c1-14(15-5-10-18-19(12-15)28-13-27-18)22-20(24)4-3-11-23(2)29(25,26)17-8-6-16(21)7-9-17/h5-10,12,14H,3-4,11,13H2,1-2H3,(H,22,24). The quantitative estimate of drug-likeness (QED) is 0.707. The highest BCUT2D eigenvalue weighted by atomic mass is 32.2. The van der Waals surface area contributed by atoms with E-state index in [4.69, 9.17) is 9.47 Å². The summed E-state index contributed by atoms with van der Waals surface area (Å²) >= 11 is 0. The Bertz CT molecular complexity index is 979. The van der Waals surface area contributed by atoms with E-state index in [2.05, 4.69) is 5.32 Å². The maximum Gasteiger partial charge on any atom is 0.242 e. The number of benzene rings is 2. The molecule has 1 heterocycles. The van der Waals surface area contributed by atoms with Gasteiger partial charge in [-0.2, -0.15) is 0 Å². The highest BCUT2D eigenvalue weighted by Crippen LogP contribution is 2.34. The Kier molecular flexibility index (Phi) is 6.39. The Morgan fingerprint density at radius 3 is 2.59 bits per heavy atom. The lowest BCUT2D eigenvalue weighted by atomic mass is 10.1. The van der Waals surface area contributed by atoms with Crippen molar-refractivity contribution in [3.05, 3.63) is 53.8 Å². The van der Waals surface area contributed by atoms with E-state index in [-0.39, 0.29) is 36.6 Å². The number of halogens is 1. The van der Waals surface area contributed by atoms with Crippen LogP contribution in [0.5, 0.6) is 11.5 Å². The number of sulfonamides is 1. The van der Waals surface area contributed by atoms with E-state index < -0.39 is 15.8 Å². The zero-order valence-corrected chi connectivity index (χ0v) is 17.0. The SMILES string of the molecule is CC(NC(=O)CCCN(C)S(=O)(=O)c1ccc(F)cc1)c1ccc2c(c1)OCO2. The van der Waals surface area contributed by atoms with Gasteiger partial charge in [0.05, 0.1) is 10.9 Å². The predicted molar refractivity (Wildman–Crippen MR) is 105 cm³/mol. The zero-order chi connectivity index (χ0) is 21.0. The van der Waals surface area contributed by atoms with Crippen LogP contribution >= 0.6 is 0 Å². The van der Waals surface area contributed by atoms with E-state index in [1.54, 1.807) is 6.07 Å². The van der Waals surface area contributed by atoms with Gasteiger partial charge >= 0.3 is 0 Å². The third-order valence-corrected chi connectivity index (χ3v) is 6.54. The van der Waals surface area contributed by atoms with E-state index in [1.165, 1.54) is 19.2 Å². The molecule has 156 valence electrons. The van der Waals surface area contributed by atoms with Gasteiger partial charge in [0, 0.05) is 20.0 Å². The van der Waals surface area contributed by atoms with Crippen LogP contribution in [0, 0.1) is 5.82 Å². The lowest BCUT2D eigenvalue weighted by Gasteiger charge is -2.18. The summed E-state index contributed by atoms with van der Waals surface area (Å²) in [6.07, 6.45) is 0.536. The molecule has 0 saturated carbocycles. The van der Waals surface area contributed by atoms with Crippen molar-refractivity contribution in [1.29, 1.82) is 0 Å². The molecule has 7 nitrogen and oxygen atoms in total. The molecular formula is C20H23FN2O5S. The third kappa shape index (κ3) is 5.04. The maximum absolute atomic E-state index is 13.0. The van der Waals surface area contributed by atoms with Gasteiger partial charge in [0.25, 0.3) is 0 Å². The van der Waals surface area contributed by atoms with Gasteiger partial charge in [-0.05, 0) is 55.3 Å². The highest BCUT2D eigenvalue weighted by Gasteiger charge is 2.21. The van der Waals surface area contributed by atoms with Gasteiger partial charge in [-0.15, -0.1) is 0 Å². The average molecular weight is 422 g/mol. The second kappa shape index (κ2) is 8.79. The molecule has 0 fully saturated rings. The Balaban J connectivity index is 1.48. The van der Waals surface area contributed by atoms with Gasteiger partial charge in [-0.25, -0.2) is 17.1 Å². The first kappa shape index (κ1) is 21.1. The smallest absolute Gasteiger partial charge is 0.242 e. The number of hydrogen-bond acceptors (Lipinski definition) is 5. The van der Waals surface area contributed by atoms with Crippen molar-refractivity contribution >= 4 is 15.9 Å². The number of carbonyl (C=O) groups excluding carboxylic acids is 1. The second-order valence-corrected chi connectivity index (χ2v) is 8.83. The lowest BCUT2D eigenvalue weighted by molar-refractivity contribution is -0.121. The fraction of sp³-hybridized carbons (Fsp3) is 0.350. The Labute approximate surface area is 169 Å². The molecule has 29 heavy (non-hydrogen) atoms. The molecule has 0 radical (unpaired) electrons. The molecule has 2 aromatic rings. The minimum Gasteiger partial charge on any atom is -0.454 e. The van der Waals surface area contributed by atoms with Crippen molar-refractivity contribution in [2.45, 2.75) is 30.7 Å². The monoisotopic (exact) mass is 422 g/mol. The third-order valence-electron chi connectivity index (χ3n) is 4.67. The molecule has 1 aliphatic heterocycles. The fourth-order valence-electron chi connectivity index (χ4n) is 2.95. The van der Waals surface area contributed by atoms with Crippen LogP contribution in [-0.2, 0) is 14.8 Å². The first-order valence-electron chi connectivity index (χ1n) is 9.18. The van der Waals surface area contributed by atoms with Crippen LogP contribution in [0.4, 0.5) is 4.39 Å². The van der Waals surface area contributed by atoms with Gasteiger partial charge in [0.15, 0.2) is 11.5 Å². The van der Waals surface area contributed by atoms with Crippen LogP contribution < -0.4 is 14.8 Å². The molecule has 1 unspecified atom stereocenters. The molecule has 1 amide bonds. The lowest BCUT2D eigenvalue weighted by Crippen LogP contribution is -2.30. The fourth-order valence-corrected chi connectivity index (χ4v) is 4.16. The second-order valence-electron chi connectivity index (χ2n) is 6.79. The van der Waals surface area contributed by atoms with Crippen LogP contribution in [-0.4, -0.2) is 39.0 Å². The minimum absolute atomic E-state index is 0.0160. The number of ether oxygens (including phenoxy) is 2. The maximum atomic E-state index is 13.0. The van der Waals surface area contributed by atoms with E-state index in [9.17, 15) is 17.6 Å². The van der Waals surface area contributed by atoms with Crippen LogP contribution in [0.15, 0.2) is 47.4 Å². The largest absolute Gasteiger partial charge is 0.454 e. The first-order valence-corrected chi connectivity index (χ1v) is 10.6. The molecule has 9 heteroatoms. The minimum atomic E-state index is -3.72. The number of nitrogens with one attached hydrogen (secondary N) is 1.